The van der Waals surface area contributed by atoms with Crippen molar-refractivity contribution in [3.05, 3.63) is 29.3 Å². The number of nitrogens with two attached hydrogens (primary N) is 1. The van der Waals surface area contributed by atoms with Crippen molar-refractivity contribution in [2.24, 2.45) is 11.1 Å². The van der Waals surface area contributed by atoms with Gasteiger partial charge in [0.15, 0.2) is 12.1 Å². The second-order valence-electron chi connectivity index (χ2n) is 7.11. The van der Waals surface area contributed by atoms with Crippen LogP contribution in [-0.2, 0) is 11.2 Å². The molecule has 0 aromatic heterocycles. The molecular weight excluding hydrogens is 316 g/mol. The third-order valence-electron chi connectivity index (χ3n) is 4.27. The number of hydrogen-bond donors (Lipinski definition) is 4. The fourth-order valence-electron chi connectivity index (χ4n) is 2.92. The van der Waals surface area contributed by atoms with Crippen molar-refractivity contribution in [3.8, 4) is 5.75 Å². The summed E-state index contributed by atoms with van der Waals surface area (Å²) in [6.07, 6.45) is 3.54. The quantitative estimate of drug-likeness (QED) is 0.296. The number of amidine groups is 1. The number of aryl methyl sites for hydroxylation is 1. The second-order valence-corrected chi connectivity index (χ2v) is 7.11. The lowest BCUT2D eigenvalue weighted by Crippen LogP contribution is -2.34. The van der Waals surface area contributed by atoms with Crippen molar-refractivity contribution in [1.29, 1.82) is 10.8 Å². The zero-order chi connectivity index (χ0) is 19.0. The molecule has 0 spiro atoms. The van der Waals surface area contributed by atoms with Crippen molar-refractivity contribution in [2.45, 2.75) is 52.7 Å². The van der Waals surface area contributed by atoms with Crippen LogP contribution in [0.3, 0.4) is 0 Å². The third kappa shape index (κ3) is 7.13. The molecule has 140 valence electrons. The molecule has 1 atom stereocenters. The molecule has 0 saturated heterocycles. The summed E-state index contributed by atoms with van der Waals surface area (Å²) in [5.74, 6) is 1.12. The number of methoxy groups -OCH3 is 1. The van der Waals surface area contributed by atoms with E-state index in [2.05, 4.69) is 19.2 Å². The first-order chi connectivity index (χ1) is 11.7. The van der Waals surface area contributed by atoms with Gasteiger partial charge in [-0.25, -0.2) is 0 Å². The SMILES string of the molecule is CNC(CC(C)(C)CCCc1cc(C(=N)N)ccc1OC)OC(C)=N. The maximum Gasteiger partial charge on any atom is 0.179 e. The van der Waals surface area contributed by atoms with Crippen LogP contribution in [0.15, 0.2) is 18.2 Å². The van der Waals surface area contributed by atoms with E-state index in [1.54, 1.807) is 14.0 Å². The summed E-state index contributed by atoms with van der Waals surface area (Å²) in [5, 5.41) is 18.2. The van der Waals surface area contributed by atoms with E-state index in [0.29, 0.717) is 0 Å². The fourth-order valence-corrected chi connectivity index (χ4v) is 2.92. The van der Waals surface area contributed by atoms with Crippen molar-refractivity contribution >= 4 is 11.7 Å². The molecule has 25 heavy (non-hydrogen) atoms. The van der Waals surface area contributed by atoms with Crippen LogP contribution in [0.5, 0.6) is 5.75 Å². The zero-order valence-electron chi connectivity index (χ0n) is 16.0. The molecule has 5 N–H and O–H groups in total. The smallest absolute Gasteiger partial charge is 0.179 e. The Morgan fingerprint density at radius 3 is 2.52 bits per heavy atom. The van der Waals surface area contributed by atoms with Crippen LogP contribution in [0.25, 0.3) is 0 Å². The molecule has 6 heteroatoms. The molecule has 0 aliphatic heterocycles. The Morgan fingerprint density at radius 2 is 2.00 bits per heavy atom. The fraction of sp³-hybridized carbons (Fsp3) is 0.579. The molecule has 6 nitrogen and oxygen atoms in total. The van der Waals surface area contributed by atoms with Crippen molar-refractivity contribution in [3.63, 3.8) is 0 Å². The predicted molar refractivity (Wildman–Crippen MR) is 103 cm³/mol. The normalized spacial score (nSPS) is 12.5. The highest BCUT2D eigenvalue weighted by atomic mass is 16.5. The van der Waals surface area contributed by atoms with Crippen LogP contribution in [0, 0.1) is 16.2 Å². The van der Waals surface area contributed by atoms with Gasteiger partial charge in [-0.15, -0.1) is 0 Å². The molecule has 0 aliphatic rings. The van der Waals surface area contributed by atoms with Gasteiger partial charge in [-0.05, 0) is 55.5 Å². The van der Waals surface area contributed by atoms with Crippen LogP contribution in [0.2, 0.25) is 0 Å². The summed E-state index contributed by atoms with van der Waals surface area (Å²) < 4.78 is 10.9. The summed E-state index contributed by atoms with van der Waals surface area (Å²) in [6, 6.07) is 5.62. The lowest BCUT2D eigenvalue weighted by molar-refractivity contribution is 0.0956. The lowest BCUT2D eigenvalue weighted by atomic mass is 9.82. The number of nitrogens with one attached hydrogen (secondary N) is 3. The van der Waals surface area contributed by atoms with Crippen LogP contribution in [-0.4, -0.2) is 32.1 Å². The zero-order valence-corrected chi connectivity index (χ0v) is 16.0. The Bertz CT molecular complexity index is 599. The molecular formula is C19H32N4O2. The van der Waals surface area contributed by atoms with E-state index < -0.39 is 0 Å². The van der Waals surface area contributed by atoms with Gasteiger partial charge in [-0.2, -0.15) is 0 Å². The van der Waals surface area contributed by atoms with E-state index in [4.69, 9.17) is 26.0 Å². The second kappa shape index (κ2) is 9.42. The van der Waals surface area contributed by atoms with E-state index in [9.17, 15) is 0 Å². The van der Waals surface area contributed by atoms with Gasteiger partial charge >= 0.3 is 0 Å². The minimum atomic E-state index is -0.150. The molecule has 1 rings (SSSR count). The molecule has 0 amide bonds. The molecule has 1 unspecified atom stereocenters. The number of rotatable bonds is 10. The highest BCUT2D eigenvalue weighted by Gasteiger charge is 2.23. The Morgan fingerprint density at radius 1 is 1.32 bits per heavy atom. The molecule has 0 heterocycles. The molecule has 0 aliphatic carbocycles. The first-order valence-electron chi connectivity index (χ1n) is 8.59. The van der Waals surface area contributed by atoms with Crippen molar-refractivity contribution in [2.75, 3.05) is 14.2 Å². The van der Waals surface area contributed by atoms with Gasteiger partial charge in [0.25, 0.3) is 0 Å². The Labute approximate surface area is 151 Å². The number of ether oxygens (including phenoxy) is 2. The highest BCUT2D eigenvalue weighted by molar-refractivity contribution is 5.95. The Balaban J connectivity index is 2.67. The van der Waals surface area contributed by atoms with Crippen LogP contribution in [0.4, 0.5) is 0 Å². The predicted octanol–water partition coefficient (Wildman–Crippen LogP) is 3.28. The monoisotopic (exact) mass is 348 g/mol. The molecule has 0 fully saturated rings. The summed E-state index contributed by atoms with van der Waals surface area (Å²) in [5.41, 5.74) is 7.46. The molecule has 1 aromatic rings. The van der Waals surface area contributed by atoms with E-state index in [1.165, 1.54) is 0 Å². The maximum absolute atomic E-state index is 7.59. The van der Waals surface area contributed by atoms with Gasteiger partial charge in [-0.1, -0.05) is 13.8 Å². The molecule has 0 bridgehead atoms. The molecule has 0 saturated carbocycles. The Kier molecular flexibility index (Phi) is 7.90. The summed E-state index contributed by atoms with van der Waals surface area (Å²) >= 11 is 0. The molecule has 0 radical (unpaired) electrons. The van der Waals surface area contributed by atoms with Gasteiger partial charge in [0.2, 0.25) is 0 Å². The van der Waals surface area contributed by atoms with Crippen LogP contribution >= 0.6 is 0 Å². The lowest BCUT2D eigenvalue weighted by Gasteiger charge is -2.29. The van der Waals surface area contributed by atoms with E-state index >= 15 is 0 Å². The van der Waals surface area contributed by atoms with E-state index in [1.807, 2.05) is 25.2 Å². The third-order valence-corrected chi connectivity index (χ3v) is 4.27. The first-order valence-corrected chi connectivity index (χ1v) is 8.59. The number of benzene rings is 1. The number of hydrogen-bond acceptors (Lipinski definition) is 5. The van der Waals surface area contributed by atoms with Gasteiger partial charge < -0.3 is 15.2 Å². The van der Waals surface area contributed by atoms with Gasteiger partial charge in [0.05, 0.1) is 7.11 Å². The van der Waals surface area contributed by atoms with Gasteiger partial charge in [0, 0.05) is 18.9 Å². The van der Waals surface area contributed by atoms with E-state index in [-0.39, 0.29) is 23.4 Å². The standard InChI is InChI=1S/C19H32N4O2/c1-13(20)25-17(23-4)12-19(2,3)10-6-7-14-11-15(18(21)22)8-9-16(14)24-5/h8-9,11,17,20,23H,6-7,10,12H2,1-5H3,(H3,21,22). The summed E-state index contributed by atoms with van der Waals surface area (Å²) in [7, 11) is 3.51. The summed E-state index contributed by atoms with van der Waals surface area (Å²) in [4.78, 5) is 0. The minimum absolute atomic E-state index is 0.0697. The van der Waals surface area contributed by atoms with Gasteiger partial charge in [0.1, 0.15) is 11.6 Å². The average Bonchev–Trinajstić information content (AvgIpc) is 2.53. The Hall–Kier alpha value is -2.08. The first kappa shape index (κ1) is 21.0. The average molecular weight is 348 g/mol. The van der Waals surface area contributed by atoms with Crippen molar-refractivity contribution < 1.29 is 9.47 Å². The number of nitrogen functional groups attached to an aromatic ring is 1. The van der Waals surface area contributed by atoms with Crippen molar-refractivity contribution in [1.82, 2.24) is 5.32 Å². The highest BCUT2D eigenvalue weighted by Crippen LogP contribution is 2.31. The van der Waals surface area contributed by atoms with Gasteiger partial charge in [-0.3, -0.25) is 16.1 Å². The summed E-state index contributed by atoms with van der Waals surface area (Å²) in [6.45, 7) is 6.07. The largest absolute Gasteiger partial charge is 0.496 e. The maximum atomic E-state index is 7.59. The molecule has 1 aromatic carbocycles. The van der Waals surface area contributed by atoms with E-state index in [0.717, 1.165) is 42.6 Å². The topological polar surface area (TPSA) is 104 Å². The minimum Gasteiger partial charge on any atom is -0.496 e. The van der Waals surface area contributed by atoms with Crippen LogP contribution < -0.4 is 15.8 Å². The van der Waals surface area contributed by atoms with Crippen LogP contribution in [0.1, 0.15) is 51.2 Å².